The molecule has 0 N–H and O–H groups in total. The number of pyridine rings is 1. The number of carbonyl (C=O) groups is 1. The maximum Gasteiger partial charge on any atom is 0.254 e. The Morgan fingerprint density at radius 3 is 2.68 bits per heavy atom. The largest absolute Gasteiger partial charge is 0.341 e. The molecule has 1 saturated heterocycles. The van der Waals surface area contributed by atoms with Crippen LogP contribution in [0.25, 0.3) is 22.2 Å². The second-order valence-electron chi connectivity index (χ2n) is 7.68. The van der Waals surface area contributed by atoms with Gasteiger partial charge in [0.05, 0.1) is 16.8 Å². The molecular weight excluding hydrogens is 370 g/mol. The van der Waals surface area contributed by atoms with Gasteiger partial charge >= 0.3 is 0 Å². The molecule has 144 valence electrons. The van der Waals surface area contributed by atoms with E-state index < -0.39 is 0 Å². The molecule has 1 unspecified atom stereocenters. The highest BCUT2D eigenvalue weighted by Gasteiger charge is 2.24. The maximum atomic E-state index is 13.3. The Hall–Kier alpha value is -2.43. The molecule has 2 aromatic carbocycles. The first kappa shape index (κ1) is 18.9. The molecule has 0 radical (unpaired) electrons. The van der Waals surface area contributed by atoms with Crippen molar-refractivity contribution in [1.29, 1.82) is 0 Å². The van der Waals surface area contributed by atoms with E-state index in [0.29, 0.717) is 16.5 Å². The fourth-order valence-electron chi connectivity index (χ4n) is 3.97. The molecule has 1 aliphatic rings. The molecule has 3 aromatic rings. The second-order valence-corrected chi connectivity index (χ2v) is 8.12. The molecule has 5 heteroatoms. The molecule has 1 aromatic heterocycles. The number of likely N-dealkylation sites (tertiary alicyclic amines) is 1. The van der Waals surface area contributed by atoms with Crippen molar-refractivity contribution < 1.29 is 4.79 Å². The molecule has 4 nitrogen and oxygen atoms in total. The molecule has 1 atom stereocenters. The van der Waals surface area contributed by atoms with Crippen molar-refractivity contribution in [3.8, 4) is 11.3 Å². The minimum Gasteiger partial charge on any atom is -0.341 e. The highest BCUT2D eigenvalue weighted by Crippen LogP contribution is 2.27. The van der Waals surface area contributed by atoms with E-state index in [4.69, 9.17) is 16.6 Å². The Bertz CT molecular complexity index is 1000. The van der Waals surface area contributed by atoms with Crippen LogP contribution in [0, 0.1) is 5.92 Å². The number of aromatic nitrogens is 1. The Morgan fingerprint density at radius 1 is 1.21 bits per heavy atom. The number of fused-ring (bicyclic) bond motifs is 1. The lowest BCUT2D eigenvalue weighted by Gasteiger charge is -2.22. The second kappa shape index (κ2) is 7.90. The number of hydrogen-bond acceptors (Lipinski definition) is 3. The van der Waals surface area contributed by atoms with Crippen LogP contribution in [0.1, 0.15) is 16.8 Å². The average Bonchev–Trinajstić information content (AvgIpc) is 3.11. The smallest absolute Gasteiger partial charge is 0.254 e. The third-order valence-corrected chi connectivity index (χ3v) is 5.71. The summed E-state index contributed by atoms with van der Waals surface area (Å²) >= 11 is 6.02. The summed E-state index contributed by atoms with van der Waals surface area (Å²) in [7, 11) is 4.04. The molecule has 0 spiro atoms. The van der Waals surface area contributed by atoms with Gasteiger partial charge in [0.2, 0.25) is 0 Å². The third kappa shape index (κ3) is 3.89. The SMILES string of the molecule is CN1CCC(CN(C)C(=O)c2cc(-c3ccc(Cl)cc3)nc3ccccc23)C1. The summed E-state index contributed by atoms with van der Waals surface area (Å²) < 4.78 is 0. The normalized spacial score (nSPS) is 17.2. The van der Waals surface area contributed by atoms with Gasteiger partial charge in [-0.1, -0.05) is 41.9 Å². The van der Waals surface area contributed by atoms with E-state index in [0.717, 1.165) is 48.2 Å². The van der Waals surface area contributed by atoms with Crippen LogP contribution in [-0.4, -0.2) is 54.4 Å². The van der Waals surface area contributed by atoms with Crippen molar-refractivity contribution in [1.82, 2.24) is 14.8 Å². The number of para-hydroxylation sites is 1. The fraction of sp³-hybridized carbons (Fsp3) is 0.304. The predicted molar refractivity (Wildman–Crippen MR) is 115 cm³/mol. The van der Waals surface area contributed by atoms with E-state index in [1.54, 1.807) is 0 Å². The van der Waals surface area contributed by atoms with Gasteiger partial charge in [0.1, 0.15) is 0 Å². The molecule has 1 amide bonds. The van der Waals surface area contributed by atoms with Crippen LogP contribution in [0.5, 0.6) is 0 Å². The van der Waals surface area contributed by atoms with E-state index in [9.17, 15) is 4.79 Å². The van der Waals surface area contributed by atoms with Gasteiger partial charge in [-0.25, -0.2) is 4.98 Å². The van der Waals surface area contributed by atoms with Crippen molar-refractivity contribution in [2.75, 3.05) is 33.7 Å². The third-order valence-electron chi connectivity index (χ3n) is 5.45. The fourth-order valence-corrected chi connectivity index (χ4v) is 4.10. The Labute approximate surface area is 170 Å². The van der Waals surface area contributed by atoms with E-state index in [2.05, 4.69) is 11.9 Å². The lowest BCUT2D eigenvalue weighted by atomic mass is 10.0. The van der Waals surface area contributed by atoms with Gasteiger partial charge in [-0.15, -0.1) is 0 Å². The van der Waals surface area contributed by atoms with Crippen molar-refractivity contribution in [3.63, 3.8) is 0 Å². The average molecular weight is 394 g/mol. The van der Waals surface area contributed by atoms with E-state index in [-0.39, 0.29) is 5.91 Å². The Balaban J connectivity index is 1.70. The molecule has 1 aliphatic heterocycles. The van der Waals surface area contributed by atoms with Crippen LogP contribution in [0.4, 0.5) is 0 Å². The summed E-state index contributed by atoms with van der Waals surface area (Å²) in [6, 6.07) is 17.3. The number of carbonyl (C=O) groups excluding carboxylic acids is 1. The number of rotatable bonds is 4. The minimum atomic E-state index is 0.0448. The highest BCUT2D eigenvalue weighted by molar-refractivity contribution is 6.30. The first-order valence-corrected chi connectivity index (χ1v) is 9.99. The van der Waals surface area contributed by atoms with Crippen LogP contribution < -0.4 is 0 Å². The standard InChI is InChI=1S/C23H24ClN3O/c1-26-12-11-16(14-26)15-27(2)23(28)20-13-22(17-7-9-18(24)10-8-17)25-21-6-4-3-5-19(20)21/h3-10,13,16H,11-12,14-15H2,1-2H3. The minimum absolute atomic E-state index is 0.0448. The van der Waals surface area contributed by atoms with Crippen LogP contribution in [0.15, 0.2) is 54.6 Å². The number of benzene rings is 2. The molecule has 1 fully saturated rings. The number of halogens is 1. The van der Waals surface area contributed by atoms with Gasteiger partial charge in [0.25, 0.3) is 5.91 Å². The molecule has 2 heterocycles. The van der Waals surface area contributed by atoms with E-state index in [1.165, 1.54) is 0 Å². The quantitative estimate of drug-likeness (QED) is 0.651. The molecule has 28 heavy (non-hydrogen) atoms. The lowest BCUT2D eigenvalue weighted by Crippen LogP contribution is -2.33. The monoisotopic (exact) mass is 393 g/mol. The van der Waals surface area contributed by atoms with Gasteiger partial charge in [0, 0.05) is 36.1 Å². The van der Waals surface area contributed by atoms with Crippen molar-refractivity contribution in [2.45, 2.75) is 6.42 Å². The van der Waals surface area contributed by atoms with Crippen LogP contribution >= 0.6 is 11.6 Å². The van der Waals surface area contributed by atoms with E-state index >= 15 is 0 Å². The molecule has 0 bridgehead atoms. The van der Waals surface area contributed by atoms with Gasteiger partial charge in [-0.05, 0) is 50.2 Å². The maximum absolute atomic E-state index is 13.3. The topological polar surface area (TPSA) is 36.4 Å². The van der Waals surface area contributed by atoms with Crippen LogP contribution in [-0.2, 0) is 0 Å². The summed E-state index contributed by atoms with van der Waals surface area (Å²) in [6.07, 6.45) is 1.14. The van der Waals surface area contributed by atoms with Gasteiger partial charge in [0.15, 0.2) is 0 Å². The zero-order valence-electron chi connectivity index (χ0n) is 16.2. The summed E-state index contributed by atoms with van der Waals surface area (Å²) in [4.78, 5) is 22.3. The predicted octanol–water partition coefficient (Wildman–Crippen LogP) is 4.58. The Kier molecular flexibility index (Phi) is 5.33. The Morgan fingerprint density at radius 2 is 1.96 bits per heavy atom. The van der Waals surface area contributed by atoms with Gasteiger partial charge < -0.3 is 9.80 Å². The number of nitrogens with zero attached hydrogens (tertiary/aromatic N) is 3. The molecular formula is C23H24ClN3O. The first-order valence-electron chi connectivity index (χ1n) is 9.61. The van der Waals surface area contributed by atoms with Gasteiger partial charge in [-0.3, -0.25) is 4.79 Å². The van der Waals surface area contributed by atoms with Crippen molar-refractivity contribution in [3.05, 3.63) is 65.2 Å². The highest BCUT2D eigenvalue weighted by atomic mass is 35.5. The summed E-state index contributed by atoms with van der Waals surface area (Å²) in [5, 5.41) is 1.57. The lowest BCUT2D eigenvalue weighted by molar-refractivity contribution is 0.0776. The van der Waals surface area contributed by atoms with Gasteiger partial charge in [-0.2, -0.15) is 0 Å². The number of hydrogen-bond donors (Lipinski definition) is 0. The van der Waals surface area contributed by atoms with E-state index in [1.807, 2.05) is 66.5 Å². The molecule has 4 rings (SSSR count). The number of amides is 1. The van der Waals surface area contributed by atoms with Crippen molar-refractivity contribution in [2.24, 2.45) is 5.92 Å². The van der Waals surface area contributed by atoms with Crippen LogP contribution in [0.3, 0.4) is 0 Å². The molecule has 0 saturated carbocycles. The summed E-state index contributed by atoms with van der Waals surface area (Å²) in [6.45, 7) is 2.92. The van der Waals surface area contributed by atoms with Crippen LogP contribution in [0.2, 0.25) is 5.02 Å². The zero-order chi connectivity index (χ0) is 19.7. The summed E-state index contributed by atoms with van der Waals surface area (Å²) in [5.41, 5.74) is 3.26. The summed E-state index contributed by atoms with van der Waals surface area (Å²) in [5.74, 6) is 0.575. The zero-order valence-corrected chi connectivity index (χ0v) is 17.0. The molecule has 0 aliphatic carbocycles. The van der Waals surface area contributed by atoms with Crippen molar-refractivity contribution >= 4 is 28.4 Å². The first-order chi connectivity index (χ1) is 13.5.